The van der Waals surface area contributed by atoms with E-state index in [1.807, 2.05) is 12.1 Å². The Hall–Kier alpha value is -1.53. The summed E-state index contributed by atoms with van der Waals surface area (Å²) in [6.45, 7) is 5.81. The molecule has 6 heteroatoms. The minimum Gasteiger partial charge on any atom is -0.469 e. The molecule has 2 N–H and O–H groups in total. The van der Waals surface area contributed by atoms with E-state index in [2.05, 4.69) is 17.6 Å². The standard InChI is InChI=1S/C20H35N3O3/c1-3-25-19(17-7-4-5-8-17)11-13-22-20(23-14-16-24-2)21-12-10-18-9-6-15-26-18/h6,9,15,17,19H,3-5,7-8,10-14,16H2,1-2H3,(H2,21,22,23). The third-order valence-electron chi connectivity index (χ3n) is 4.83. The predicted molar refractivity (Wildman–Crippen MR) is 105 cm³/mol. The molecule has 0 bridgehead atoms. The number of aliphatic imine (C=N–C) groups is 1. The van der Waals surface area contributed by atoms with E-state index in [0.29, 0.717) is 18.6 Å². The van der Waals surface area contributed by atoms with Gasteiger partial charge in [0.2, 0.25) is 0 Å². The number of methoxy groups -OCH3 is 1. The van der Waals surface area contributed by atoms with Crippen molar-refractivity contribution >= 4 is 5.96 Å². The topological polar surface area (TPSA) is 68.0 Å². The monoisotopic (exact) mass is 365 g/mol. The van der Waals surface area contributed by atoms with Crippen LogP contribution in [-0.4, -0.2) is 52.0 Å². The summed E-state index contributed by atoms with van der Waals surface area (Å²) in [5.41, 5.74) is 0. The molecule has 2 rings (SSSR count). The maximum Gasteiger partial charge on any atom is 0.191 e. The maximum atomic E-state index is 5.99. The fourth-order valence-corrected chi connectivity index (χ4v) is 3.51. The lowest BCUT2D eigenvalue weighted by Gasteiger charge is -2.22. The second-order valence-electron chi connectivity index (χ2n) is 6.73. The largest absolute Gasteiger partial charge is 0.469 e. The molecule has 1 aromatic rings. The molecule has 1 aliphatic rings. The number of hydrogen-bond acceptors (Lipinski definition) is 4. The molecular formula is C20H35N3O3. The summed E-state index contributed by atoms with van der Waals surface area (Å²) in [5.74, 6) is 2.52. The third kappa shape index (κ3) is 7.79. The molecule has 0 amide bonds. The normalized spacial score (nSPS) is 16.8. The molecule has 1 fully saturated rings. The number of hydrogen-bond donors (Lipinski definition) is 2. The van der Waals surface area contributed by atoms with E-state index in [1.165, 1.54) is 25.7 Å². The first kappa shape index (κ1) is 20.8. The number of nitrogens with zero attached hydrogens (tertiary/aromatic N) is 1. The Morgan fingerprint density at radius 2 is 2.12 bits per heavy atom. The van der Waals surface area contributed by atoms with E-state index in [4.69, 9.17) is 18.9 Å². The SMILES string of the molecule is CCOC(CCN=C(NCCOC)NCCc1ccco1)C1CCCC1. The number of guanidine groups is 1. The molecule has 1 aliphatic carbocycles. The van der Waals surface area contributed by atoms with Crippen molar-refractivity contribution in [2.24, 2.45) is 10.9 Å². The van der Waals surface area contributed by atoms with E-state index in [9.17, 15) is 0 Å². The van der Waals surface area contributed by atoms with Gasteiger partial charge < -0.3 is 24.5 Å². The van der Waals surface area contributed by atoms with Crippen molar-refractivity contribution in [3.05, 3.63) is 24.2 Å². The molecule has 0 radical (unpaired) electrons. The van der Waals surface area contributed by atoms with Gasteiger partial charge in [-0.1, -0.05) is 12.8 Å². The summed E-state index contributed by atoms with van der Waals surface area (Å²) in [5, 5.41) is 6.69. The summed E-state index contributed by atoms with van der Waals surface area (Å²) >= 11 is 0. The summed E-state index contributed by atoms with van der Waals surface area (Å²) in [4.78, 5) is 4.74. The van der Waals surface area contributed by atoms with Crippen LogP contribution in [0.15, 0.2) is 27.8 Å². The van der Waals surface area contributed by atoms with Gasteiger partial charge in [-0.3, -0.25) is 4.99 Å². The lowest BCUT2D eigenvalue weighted by Crippen LogP contribution is -2.40. The van der Waals surface area contributed by atoms with Crippen LogP contribution in [0.1, 0.15) is 44.8 Å². The van der Waals surface area contributed by atoms with Crippen LogP contribution in [0.5, 0.6) is 0 Å². The second kappa shape index (κ2) is 12.8. The van der Waals surface area contributed by atoms with Gasteiger partial charge in [0, 0.05) is 39.8 Å². The highest BCUT2D eigenvalue weighted by molar-refractivity contribution is 5.79. The molecule has 1 atom stereocenters. The van der Waals surface area contributed by atoms with Gasteiger partial charge in [0.1, 0.15) is 5.76 Å². The zero-order valence-corrected chi connectivity index (χ0v) is 16.3. The summed E-state index contributed by atoms with van der Waals surface area (Å²) < 4.78 is 16.5. The van der Waals surface area contributed by atoms with Crippen LogP contribution in [0.3, 0.4) is 0 Å². The number of rotatable bonds is 12. The van der Waals surface area contributed by atoms with Crippen molar-refractivity contribution in [3.8, 4) is 0 Å². The predicted octanol–water partition coefficient (Wildman–Crippen LogP) is 2.99. The molecule has 148 valence electrons. The lowest BCUT2D eigenvalue weighted by molar-refractivity contribution is 0.0177. The lowest BCUT2D eigenvalue weighted by atomic mass is 9.98. The Bertz CT molecular complexity index is 485. The van der Waals surface area contributed by atoms with Gasteiger partial charge in [0.15, 0.2) is 5.96 Å². The molecule has 0 spiro atoms. The zero-order chi connectivity index (χ0) is 18.5. The molecule has 0 aromatic carbocycles. The van der Waals surface area contributed by atoms with Gasteiger partial charge in [0.05, 0.1) is 19.0 Å². The average Bonchev–Trinajstić information content (AvgIpc) is 3.34. The smallest absolute Gasteiger partial charge is 0.191 e. The summed E-state index contributed by atoms with van der Waals surface area (Å²) in [6.07, 6.45) is 9.15. The molecule has 1 aromatic heterocycles. The molecule has 1 heterocycles. The molecule has 0 saturated heterocycles. The van der Waals surface area contributed by atoms with E-state index < -0.39 is 0 Å². The number of nitrogens with one attached hydrogen (secondary N) is 2. The highest BCUT2D eigenvalue weighted by Gasteiger charge is 2.24. The second-order valence-corrected chi connectivity index (χ2v) is 6.73. The van der Waals surface area contributed by atoms with Crippen molar-refractivity contribution in [3.63, 3.8) is 0 Å². The Labute approximate surface area is 157 Å². The Kier molecular flexibility index (Phi) is 10.2. The fraction of sp³-hybridized carbons (Fsp3) is 0.750. The van der Waals surface area contributed by atoms with Crippen LogP contribution in [0.2, 0.25) is 0 Å². The van der Waals surface area contributed by atoms with Crippen LogP contribution < -0.4 is 10.6 Å². The molecular weight excluding hydrogens is 330 g/mol. The fourth-order valence-electron chi connectivity index (χ4n) is 3.51. The van der Waals surface area contributed by atoms with Gasteiger partial charge in [0.25, 0.3) is 0 Å². The molecule has 0 aliphatic heterocycles. The van der Waals surface area contributed by atoms with Crippen LogP contribution in [0.25, 0.3) is 0 Å². The molecule has 1 unspecified atom stereocenters. The summed E-state index contributed by atoms with van der Waals surface area (Å²) in [7, 11) is 1.71. The highest BCUT2D eigenvalue weighted by atomic mass is 16.5. The van der Waals surface area contributed by atoms with Gasteiger partial charge in [-0.05, 0) is 44.2 Å². The Morgan fingerprint density at radius 3 is 2.81 bits per heavy atom. The Balaban J connectivity index is 1.79. The van der Waals surface area contributed by atoms with Crippen molar-refractivity contribution in [2.45, 2.75) is 51.6 Å². The first-order chi connectivity index (χ1) is 12.8. The minimum absolute atomic E-state index is 0.342. The minimum atomic E-state index is 0.342. The van der Waals surface area contributed by atoms with E-state index in [-0.39, 0.29) is 0 Å². The van der Waals surface area contributed by atoms with Crippen LogP contribution in [0.4, 0.5) is 0 Å². The average molecular weight is 366 g/mol. The van der Waals surface area contributed by atoms with Gasteiger partial charge in [-0.15, -0.1) is 0 Å². The first-order valence-electron chi connectivity index (χ1n) is 9.98. The van der Waals surface area contributed by atoms with Crippen molar-refractivity contribution in [1.29, 1.82) is 0 Å². The molecule has 6 nitrogen and oxygen atoms in total. The van der Waals surface area contributed by atoms with Crippen LogP contribution >= 0.6 is 0 Å². The van der Waals surface area contributed by atoms with E-state index in [1.54, 1.807) is 13.4 Å². The van der Waals surface area contributed by atoms with E-state index >= 15 is 0 Å². The van der Waals surface area contributed by atoms with Crippen LogP contribution in [-0.2, 0) is 15.9 Å². The number of ether oxygens (including phenoxy) is 2. The third-order valence-corrected chi connectivity index (χ3v) is 4.83. The van der Waals surface area contributed by atoms with E-state index in [0.717, 1.165) is 50.8 Å². The number of furan rings is 1. The quantitative estimate of drug-likeness (QED) is 0.339. The molecule has 1 saturated carbocycles. The maximum absolute atomic E-state index is 5.99. The summed E-state index contributed by atoms with van der Waals surface area (Å²) in [6, 6.07) is 3.91. The highest BCUT2D eigenvalue weighted by Crippen LogP contribution is 2.30. The molecule has 26 heavy (non-hydrogen) atoms. The zero-order valence-electron chi connectivity index (χ0n) is 16.3. The Morgan fingerprint density at radius 1 is 1.31 bits per heavy atom. The van der Waals surface area contributed by atoms with Gasteiger partial charge in [-0.25, -0.2) is 0 Å². The van der Waals surface area contributed by atoms with Gasteiger partial charge >= 0.3 is 0 Å². The van der Waals surface area contributed by atoms with Crippen molar-refractivity contribution in [1.82, 2.24) is 10.6 Å². The van der Waals surface area contributed by atoms with Crippen molar-refractivity contribution in [2.75, 3.05) is 40.0 Å². The first-order valence-corrected chi connectivity index (χ1v) is 9.98. The van der Waals surface area contributed by atoms with Gasteiger partial charge in [-0.2, -0.15) is 0 Å². The van der Waals surface area contributed by atoms with Crippen molar-refractivity contribution < 1.29 is 13.9 Å². The van der Waals surface area contributed by atoms with Crippen LogP contribution in [0, 0.1) is 5.92 Å².